The monoisotopic (exact) mass is 351 g/mol. The van der Waals surface area contributed by atoms with Gasteiger partial charge in [-0.25, -0.2) is 0 Å². The van der Waals surface area contributed by atoms with E-state index in [4.69, 9.17) is 4.74 Å². The summed E-state index contributed by atoms with van der Waals surface area (Å²) in [4.78, 5) is 15.2. The molecule has 2 atom stereocenters. The molecule has 5 nitrogen and oxygen atoms in total. The molecular weight excluding hydrogens is 326 g/mol. The van der Waals surface area contributed by atoms with E-state index in [0.29, 0.717) is 6.54 Å². The molecule has 1 amide bonds. The van der Waals surface area contributed by atoms with Gasteiger partial charge in [0, 0.05) is 36.6 Å². The van der Waals surface area contributed by atoms with Gasteiger partial charge in [-0.2, -0.15) is 0 Å². The second-order valence-corrected chi connectivity index (χ2v) is 6.36. The van der Waals surface area contributed by atoms with Crippen LogP contribution in [0.1, 0.15) is 24.0 Å². The minimum absolute atomic E-state index is 0.0163. The zero-order valence-corrected chi connectivity index (χ0v) is 15.4. The molecule has 0 aliphatic rings. The number of methoxy groups -OCH3 is 1. The number of rotatable bonds is 7. The van der Waals surface area contributed by atoms with E-state index in [1.165, 1.54) is 16.5 Å². The Hall–Kier alpha value is -2.79. The molecule has 0 saturated heterocycles. The van der Waals surface area contributed by atoms with E-state index in [1.54, 1.807) is 14.2 Å². The highest BCUT2D eigenvalue weighted by Gasteiger charge is 2.20. The summed E-state index contributed by atoms with van der Waals surface area (Å²) < 4.78 is 5.28. The molecule has 0 aliphatic carbocycles. The lowest BCUT2D eigenvalue weighted by molar-refractivity contribution is -0.122. The molecule has 0 spiro atoms. The van der Waals surface area contributed by atoms with Gasteiger partial charge in [0.2, 0.25) is 5.91 Å². The van der Waals surface area contributed by atoms with Crippen LogP contribution in [0, 0.1) is 0 Å². The predicted octanol–water partition coefficient (Wildman–Crippen LogP) is 3.03. The number of aromatic amines is 1. The molecule has 0 fully saturated rings. The smallest absolute Gasteiger partial charge is 0.236 e. The summed E-state index contributed by atoms with van der Waals surface area (Å²) in [5, 5.41) is 7.24. The lowest BCUT2D eigenvalue weighted by Crippen LogP contribution is -2.42. The van der Waals surface area contributed by atoms with Crippen LogP contribution in [0.4, 0.5) is 0 Å². The van der Waals surface area contributed by atoms with E-state index < -0.39 is 0 Å². The maximum absolute atomic E-state index is 11.8. The molecule has 26 heavy (non-hydrogen) atoms. The number of aromatic nitrogens is 1. The van der Waals surface area contributed by atoms with Crippen LogP contribution in [0.25, 0.3) is 10.9 Å². The van der Waals surface area contributed by atoms with Crippen molar-refractivity contribution in [3.05, 3.63) is 65.9 Å². The largest absolute Gasteiger partial charge is 0.497 e. The highest BCUT2D eigenvalue weighted by atomic mass is 16.5. The Labute approximate surface area is 153 Å². The first-order chi connectivity index (χ1) is 12.6. The van der Waals surface area contributed by atoms with Crippen LogP contribution < -0.4 is 15.4 Å². The van der Waals surface area contributed by atoms with Crippen LogP contribution in [0.15, 0.2) is 54.7 Å². The quantitative estimate of drug-likeness (QED) is 0.613. The number of nitrogens with one attached hydrogen (secondary N) is 3. The highest BCUT2D eigenvalue weighted by molar-refractivity contribution is 5.84. The molecular formula is C21H25N3O2. The molecule has 0 aliphatic heterocycles. The Morgan fingerprint density at radius 1 is 1.15 bits per heavy atom. The van der Waals surface area contributed by atoms with Gasteiger partial charge in [0.1, 0.15) is 5.75 Å². The third kappa shape index (κ3) is 3.73. The van der Waals surface area contributed by atoms with E-state index in [9.17, 15) is 4.79 Å². The van der Waals surface area contributed by atoms with Gasteiger partial charge in [-0.15, -0.1) is 0 Å². The van der Waals surface area contributed by atoms with Gasteiger partial charge in [0.25, 0.3) is 0 Å². The van der Waals surface area contributed by atoms with Crippen molar-refractivity contribution in [2.24, 2.45) is 0 Å². The van der Waals surface area contributed by atoms with Gasteiger partial charge in [-0.3, -0.25) is 4.79 Å². The standard InChI is InChI=1S/C21H25N3O2/c1-14(21(25)22-2)23-12-18(15-8-10-16(26-3)11-9-15)19-13-24-20-7-5-4-6-17(19)20/h4-11,13-14,18,23-24H,12H2,1-3H3,(H,22,25)/t14-,18+/m1/s1. The van der Waals surface area contributed by atoms with Crippen LogP contribution in [0.2, 0.25) is 0 Å². The Kier molecular flexibility index (Phi) is 5.58. The molecule has 0 unspecified atom stereocenters. The number of carbonyl (C=O) groups is 1. The molecule has 0 radical (unpaired) electrons. The SMILES string of the molecule is CNC(=O)[C@@H](C)NC[C@@H](c1ccc(OC)cc1)c1c[nH]c2ccccc12. The fraction of sp³-hybridized carbons (Fsp3) is 0.286. The van der Waals surface area contributed by atoms with Crippen molar-refractivity contribution < 1.29 is 9.53 Å². The van der Waals surface area contributed by atoms with Crippen molar-refractivity contribution in [3.63, 3.8) is 0 Å². The van der Waals surface area contributed by atoms with Crippen molar-refractivity contribution in [2.45, 2.75) is 18.9 Å². The number of amides is 1. The number of carbonyl (C=O) groups excluding carboxylic acids is 1. The number of fused-ring (bicyclic) bond motifs is 1. The van der Waals surface area contributed by atoms with Crippen LogP contribution in [0.5, 0.6) is 5.75 Å². The van der Waals surface area contributed by atoms with Crippen LogP contribution in [0.3, 0.4) is 0 Å². The molecule has 3 aromatic rings. The topological polar surface area (TPSA) is 66.2 Å². The molecule has 3 N–H and O–H groups in total. The normalized spacial score (nSPS) is 13.3. The first-order valence-electron chi connectivity index (χ1n) is 8.79. The molecule has 136 valence electrons. The number of likely N-dealkylation sites (N-methyl/N-ethyl adjacent to an activating group) is 1. The zero-order chi connectivity index (χ0) is 18.5. The van der Waals surface area contributed by atoms with E-state index in [-0.39, 0.29) is 17.9 Å². The van der Waals surface area contributed by atoms with Gasteiger partial charge in [-0.1, -0.05) is 30.3 Å². The molecule has 5 heteroatoms. The second kappa shape index (κ2) is 8.06. The first-order valence-corrected chi connectivity index (χ1v) is 8.79. The van der Waals surface area contributed by atoms with E-state index in [0.717, 1.165) is 11.3 Å². The van der Waals surface area contributed by atoms with Gasteiger partial charge in [0.05, 0.1) is 13.2 Å². The number of ether oxygens (including phenoxy) is 1. The maximum Gasteiger partial charge on any atom is 0.236 e. The number of para-hydroxylation sites is 1. The Balaban J connectivity index is 1.94. The maximum atomic E-state index is 11.8. The fourth-order valence-corrected chi connectivity index (χ4v) is 3.23. The molecule has 1 heterocycles. The first kappa shape index (κ1) is 18.0. The van der Waals surface area contributed by atoms with Crippen molar-refractivity contribution in [1.82, 2.24) is 15.6 Å². The van der Waals surface area contributed by atoms with Crippen molar-refractivity contribution >= 4 is 16.8 Å². The van der Waals surface area contributed by atoms with E-state index in [1.807, 2.05) is 31.2 Å². The van der Waals surface area contributed by atoms with Gasteiger partial charge in [0.15, 0.2) is 0 Å². The summed E-state index contributed by atoms with van der Waals surface area (Å²) in [6.07, 6.45) is 2.06. The van der Waals surface area contributed by atoms with Crippen molar-refractivity contribution in [2.75, 3.05) is 20.7 Å². The van der Waals surface area contributed by atoms with E-state index in [2.05, 4.69) is 46.1 Å². The van der Waals surface area contributed by atoms with Crippen LogP contribution in [-0.4, -0.2) is 37.6 Å². The van der Waals surface area contributed by atoms with Gasteiger partial charge >= 0.3 is 0 Å². The summed E-state index contributed by atoms with van der Waals surface area (Å²) in [5.41, 5.74) is 3.50. The molecule has 2 aromatic carbocycles. The second-order valence-electron chi connectivity index (χ2n) is 6.36. The number of benzene rings is 2. The van der Waals surface area contributed by atoms with Crippen LogP contribution in [-0.2, 0) is 4.79 Å². The van der Waals surface area contributed by atoms with Gasteiger partial charge in [-0.05, 0) is 36.2 Å². The molecule has 0 bridgehead atoms. The van der Waals surface area contributed by atoms with Gasteiger partial charge < -0.3 is 20.4 Å². The average molecular weight is 351 g/mol. The number of hydrogen-bond acceptors (Lipinski definition) is 3. The molecule has 3 rings (SSSR count). The highest BCUT2D eigenvalue weighted by Crippen LogP contribution is 2.31. The third-order valence-electron chi connectivity index (χ3n) is 4.78. The lowest BCUT2D eigenvalue weighted by atomic mass is 9.90. The Morgan fingerprint density at radius 3 is 2.58 bits per heavy atom. The summed E-state index contributed by atoms with van der Waals surface area (Å²) in [7, 11) is 3.32. The Bertz CT molecular complexity index is 870. The molecule has 1 aromatic heterocycles. The fourth-order valence-electron chi connectivity index (χ4n) is 3.23. The van der Waals surface area contributed by atoms with Crippen LogP contribution >= 0.6 is 0 Å². The zero-order valence-electron chi connectivity index (χ0n) is 15.4. The van der Waals surface area contributed by atoms with Crippen molar-refractivity contribution in [1.29, 1.82) is 0 Å². The minimum atomic E-state index is -0.258. The molecule has 0 saturated carbocycles. The van der Waals surface area contributed by atoms with Crippen molar-refractivity contribution in [3.8, 4) is 5.75 Å². The number of H-pyrrole nitrogens is 1. The summed E-state index contributed by atoms with van der Waals surface area (Å²) in [6, 6.07) is 16.1. The summed E-state index contributed by atoms with van der Waals surface area (Å²) in [6.45, 7) is 2.53. The Morgan fingerprint density at radius 2 is 1.88 bits per heavy atom. The predicted molar refractivity (Wildman–Crippen MR) is 105 cm³/mol. The van der Waals surface area contributed by atoms with E-state index >= 15 is 0 Å². The summed E-state index contributed by atoms with van der Waals surface area (Å²) in [5.74, 6) is 0.930. The third-order valence-corrected chi connectivity index (χ3v) is 4.78. The summed E-state index contributed by atoms with van der Waals surface area (Å²) >= 11 is 0. The minimum Gasteiger partial charge on any atom is -0.497 e. The number of hydrogen-bond donors (Lipinski definition) is 3. The lowest BCUT2D eigenvalue weighted by Gasteiger charge is -2.21. The average Bonchev–Trinajstić information content (AvgIpc) is 3.12.